The number of halogens is 2. The van der Waals surface area contributed by atoms with Gasteiger partial charge in [0.05, 0.1) is 5.02 Å². The van der Waals surface area contributed by atoms with Crippen LogP contribution < -0.4 is 15.5 Å². The van der Waals surface area contributed by atoms with Crippen molar-refractivity contribution in [2.24, 2.45) is 5.92 Å². The van der Waals surface area contributed by atoms with Crippen molar-refractivity contribution in [1.29, 1.82) is 0 Å². The van der Waals surface area contributed by atoms with Gasteiger partial charge in [-0.3, -0.25) is 4.79 Å². The Morgan fingerprint density at radius 2 is 2.07 bits per heavy atom. The molecule has 2 aromatic rings. The molecule has 1 aliphatic heterocycles. The summed E-state index contributed by atoms with van der Waals surface area (Å²) in [6, 6.07) is 6.50. The molecule has 2 N–H and O–H groups in total. The molecule has 30 heavy (non-hydrogen) atoms. The third kappa shape index (κ3) is 6.55. The maximum absolute atomic E-state index is 13.2. The molecule has 0 spiro atoms. The van der Waals surface area contributed by atoms with Crippen LogP contribution in [0.25, 0.3) is 0 Å². The molecule has 1 amide bonds. The molecule has 0 unspecified atom stereocenters. The number of nitrogens with zero attached hydrogens (tertiary/aromatic N) is 3. The summed E-state index contributed by atoms with van der Waals surface area (Å²) in [6.07, 6.45) is 6.12. The summed E-state index contributed by atoms with van der Waals surface area (Å²) in [6.45, 7) is 5.25. The van der Waals surface area contributed by atoms with E-state index in [0.29, 0.717) is 18.9 Å². The Hall–Kier alpha value is -2.41. The van der Waals surface area contributed by atoms with Gasteiger partial charge in [-0.25, -0.2) is 14.4 Å². The topological polar surface area (TPSA) is 70.2 Å². The molecule has 0 bridgehead atoms. The number of nitrogens with one attached hydrogen (secondary N) is 2. The van der Waals surface area contributed by atoms with Crippen molar-refractivity contribution in [2.75, 3.05) is 29.9 Å². The van der Waals surface area contributed by atoms with E-state index in [1.54, 1.807) is 18.5 Å². The standard InChI is InChI=1S/C22H29ClFN5O/c1-2-9-25-20-13-21(28-15-27-20)29-10-7-16(8-11-29)4-6-22(30)26-14-17-3-5-19(24)18(23)12-17/h3,5,12-13,15-16H,2,4,6-11,14H2,1H3,(H,26,30)(H,25,27,28). The number of aromatic nitrogens is 2. The van der Waals surface area contributed by atoms with Gasteiger partial charge < -0.3 is 15.5 Å². The van der Waals surface area contributed by atoms with Gasteiger partial charge >= 0.3 is 0 Å². The van der Waals surface area contributed by atoms with Crippen molar-refractivity contribution in [3.8, 4) is 0 Å². The van der Waals surface area contributed by atoms with Crippen LogP contribution in [0.2, 0.25) is 5.02 Å². The number of benzene rings is 1. The smallest absolute Gasteiger partial charge is 0.220 e. The molecule has 0 saturated carbocycles. The SMILES string of the molecule is CCCNc1cc(N2CCC(CCC(=O)NCc3ccc(F)c(Cl)c3)CC2)ncn1. The van der Waals surface area contributed by atoms with E-state index in [9.17, 15) is 9.18 Å². The van der Waals surface area contributed by atoms with Crippen LogP contribution in [0.3, 0.4) is 0 Å². The van der Waals surface area contributed by atoms with Gasteiger partial charge in [-0.2, -0.15) is 0 Å². The zero-order valence-electron chi connectivity index (χ0n) is 17.3. The van der Waals surface area contributed by atoms with Crippen LogP contribution in [-0.4, -0.2) is 35.5 Å². The number of piperidine rings is 1. The summed E-state index contributed by atoms with van der Waals surface area (Å²) >= 11 is 5.78. The molecule has 0 aliphatic carbocycles. The molecule has 1 aromatic carbocycles. The highest BCUT2D eigenvalue weighted by Gasteiger charge is 2.21. The minimum Gasteiger partial charge on any atom is -0.370 e. The number of carbonyl (C=O) groups excluding carboxylic acids is 1. The van der Waals surface area contributed by atoms with E-state index in [4.69, 9.17) is 11.6 Å². The third-order valence-corrected chi connectivity index (χ3v) is 5.69. The number of rotatable bonds is 9. The molecule has 1 aromatic heterocycles. The Labute approximate surface area is 182 Å². The number of amides is 1. The van der Waals surface area contributed by atoms with Gasteiger partial charge in [-0.1, -0.05) is 24.6 Å². The lowest BCUT2D eigenvalue weighted by molar-refractivity contribution is -0.121. The zero-order chi connectivity index (χ0) is 21.3. The predicted molar refractivity (Wildman–Crippen MR) is 118 cm³/mol. The summed E-state index contributed by atoms with van der Waals surface area (Å²) < 4.78 is 13.2. The van der Waals surface area contributed by atoms with Crippen molar-refractivity contribution < 1.29 is 9.18 Å². The molecule has 162 valence electrons. The van der Waals surface area contributed by atoms with E-state index >= 15 is 0 Å². The first kappa shape index (κ1) is 22.3. The first-order chi connectivity index (χ1) is 14.5. The molecule has 0 radical (unpaired) electrons. The lowest BCUT2D eigenvalue weighted by Gasteiger charge is -2.32. The van der Waals surface area contributed by atoms with Gasteiger partial charge in [-0.15, -0.1) is 0 Å². The van der Waals surface area contributed by atoms with E-state index in [-0.39, 0.29) is 10.9 Å². The maximum Gasteiger partial charge on any atom is 0.220 e. The second-order valence-electron chi connectivity index (χ2n) is 7.68. The van der Waals surface area contributed by atoms with Crippen LogP contribution in [0.4, 0.5) is 16.0 Å². The minimum absolute atomic E-state index is 0.0142. The zero-order valence-corrected chi connectivity index (χ0v) is 18.1. The van der Waals surface area contributed by atoms with Crippen molar-refractivity contribution in [3.05, 3.63) is 47.0 Å². The largest absolute Gasteiger partial charge is 0.370 e. The van der Waals surface area contributed by atoms with Crippen LogP contribution >= 0.6 is 11.6 Å². The van der Waals surface area contributed by atoms with Gasteiger partial charge in [0.1, 0.15) is 23.8 Å². The second-order valence-corrected chi connectivity index (χ2v) is 8.09. The quantitative estimate of drug-likeness (QED) is 0.613. The summed E-state index contributed by atoms with van der Waals surface area (Å²) in [5.41, 5.74) is 0.792. The average molecular weight is 434 g/mol. The first-order valence-corrected chi connectivity index (χ1v) is 10.9. The molecule has 1 aliphatic rings. The van der Waals surface area contributed by atoms with Gasteiger partial charge in [0, 0.05) is 38.7 Å². The third-order valence-electron chi connectivity index (χ3n) is 5.40. The highest BCUT2D eigenvalue weighted by Crippen LogP contribution is 2.25. The Morgan fingerprint density at radius 3 is 2.80 bits per heavy atom. The molecule has 3 rings (SSSR count). The Morgan fingerprint density at radius 1 is 1.27 bits per heavy atom. The van der Waals surface area contributed by atoms with E-state index in [0.717, 1.165) is 62.5 Å². The number of hydrogen-bond acceptors (Lipinski definition) is 5. The Balaban J connectivity index is 1.38. The van der Waals surface area contributed by atoms with Crippen molar-refractivity contribution in [3.63, 3.8) is 0 Å². The molecule has 8 heteroatoms. The first-order valence-electron chi connectivity index (χ1n) is 10.6. The normalized spacial score (nSPS) is 14.6. The van der Waals surface area contributed by atoms with Gasteiger partial charge in [0.25, 0.3) is 0 Å². The fourth-order valence-electron chi connectivity index (χ4n) is 3.59. The summed E-state index contributed by atoms with van der Waals surface area (Å²) in [7, 11) is 0. The lowest BCUT2D eigenvalue weighted by atomic mass is 9.92. The van der Waals surface area contributed by atoms with E-state index in [2.05, 4.69) is 32.4 Å². The molecule has 1 saturated heterocycles. The summed E-state index contributed by atoms with van der Waals surface area (Å²) in [5, 5.41) is 6.26. The fourth-order valence-corrected chi connectivity index (χ4v) is 3.80. The molecular weight excluding hydrogens is 405 g/mol. The van der Waals surface area contributed by atoms with Crippen LogP contribution in [0, 0.1) is 11.7 Å². The highest BCUT2D eigenvalue weighted by atomic mass is 35.5. The Kier molecular flexibility index (Phi) is 8.25. The van der Waals surface area contributed by atoms with Crippen LogP contribution in [-0.2, 0) is 11.3 Å². The van der Waals surface area contributed by atoms with Gasteiger partial charge in [-0.05, 0) is 49.3 Å². The van der Waals surface area contributed by atoms with Crippen LogP contribution in [0.15, 0.2) is 30.6 Å². The fraction of sp³-hybridized carbons (Fsp3) is 0.500. The van der Waals surface area contributed by atoms with Gasteiger partial charge in [0.15, 0.2) is 0 Å². The number of anilines is 2. The van der Waals surface area contributed by atoms with E-state index < -0.39 is 5.82 Å². The van der Waals surface area contributed by atoms with Crippen LogP contribution in [0.5, 0.6) is 0 Å². The van der Waals surface area contributed by atoms with E-state index in [1.807, 2.05) is 6.07 Å². The highest BCUT2D eigenvalue weighted by molar-refractivity contribution is 6.30. The molecule has 0 atom stereocenters. The van der Waals surface area contributed by atoms with Crippen molar-refractivity contribution >= 4 is 29.1 Å². The van der Waals surface area contributed by atoms with E-state index in [1.165, 1.54) is 6.07 Å². The monoisotopic (exact) mass is 433 g/mol. The Bertz CT molecular complexity index is 842. The van der Waals surface area contributed by atoms with Crippen molar-refractivity contribution in [1.82, 2.24) is 15.3 Å². The second kappa shape index (κ2) is 11.1. The number of hydrogen-bond donors (Lipinski definition) is 2. The van der Waals surface area contributed by atoms with Gasteiger partial charge in [0.2, 0.25) is 5.91 Å². The molecule has 2 heterocycles. The summed E-state index contributed by atoms with van der Waals surface area (Å²) in [4.78, 5) is 23.1. The van der Waals surface area contributed by atoms with Crippen molar-refractivity contribution in [2.45, 2.75) is 45.6 Å². The number of carbonyl (C=O) groups is 1. The maximum atomic E-state index is 13.2. The minimum atomic E-state index is -0.450. The summed E-state index contributed by atoms with van der Waals surface area (Å²) in [5.74, 6) is 1.92. The van der Waals surface area contributed by atoms with Crippen LogP contribution in [0.1, 0.15) is 44.6 Å². The average Bonchev–Trinajstić information content (AvgIpc) is 2.77. The lowest BCUT2D eigenvalue weighted by Crippen LogP contribution is -2.34. The molecule has 6 nitrogen and oxygen atoms in total. The molecule has 1 fully saturated rings. The predicted octanol–water partition coefficient (Wildman–Crippen LogP) is 4.40. The molecular formula is C22H29ClFN5O.